The van der Waals surface area contributed by atoms with E-state index in [9.17, 15) is 8.42 Å². The molecule has 0 radical (unpaired) electrons. The second-order valence-electron chi connectivity index (χ2n) is 2.51. The summed E-state index contributed by atoms with van der Waals surface area (Å²) in [4.78, 5) is 0.380. The molecular formula is C8H5BrO2S. The molecule has 1 heterocycles. The molecule has 0 aliphatic carbocycles. The van der Waals surface area contributed by atoms with Gasteiger partial charge in [0, 0.05) is 9.88 Å². The summed E-state index contributed by atoms with van der Waals surface area (Å²) in [5, 5.41) is 1.22. The van der Waals surface area contributed by atoms with Crippen LogP contribution in [0.3, 0.4) is 0 Å². The number of fused-ring (bicyclic) bond motifs is 1. The molecule has 0 atom stereocenters. The van der Waals surface area contributed by atoms with Gasteiger partial charge in [-0.2, -0.15) is 0 Å². The van der Waals surface area contributed by atoms with Crippen LogP contribution in [0.15, 0.2) is 33.0 Å². The lowest BCUT2D eigenvalue weighted by Crippen LogP contribution is -1.94. The van der Waals surface area contributed by atoms with Crippen molar-refractivity contribution in [1.82, 2.24) is 0 Å². The van der Waals surface area contributed by atoms with Crippen molar-refractivity contribution < 1.29 is 8.42 Å². The highest BCUT2D eigenvalue weighted by Gasteiger charge is 2.22. The summed E-state index contributed by atoms with van der Waals surface area (Å²) in [6.07, 6.45) is 1.61. The molecule has 1 aromatic carbocycles. The number of sulfone groups is 1. The van der Waals surface area contributed by atoms with E-state index in [1.54, 1.807) is 18.2 Å². The highest BCUT2D eigenvalue weighted by atomic mass is 79.9. The standard InChI is InChI=1S/C8H5BrO2S/c9-7-3-1-2-6-4-5-12(10,11)8(6)7/h1-5H. The maximum absolute atomic E-state index is 11.4. The fourth-order valence-electron chi connectivity index (χ4n) is 1.19. The van der Waals surface area contributed by atoms with E-state index in [-0.39, 0.29) is 0 Å². The lowest BCUT2D eigenvalue weighted by atomic mass is 10.2. The Morgan fingerprint density at radius 1 is 1.25 bits per heavy atom. The molecule has 62 valence electrons. The number of rotatable bonds is 0. The SMILES string of the molecule is O=S1(=O)C=Cc2cccc(Br)c21. The summed E-state index contributed by atoms with van der Waals surface area (Å²) in [6.45, 7) is 0. The maximum Gasteiger partial charge on any atom is 0.201 e. The average Bonchev–Trinajstić information content (AvgIpc) is 2.29. The van der Waals surface area contributed by atoms with Crippen LogP contribution >= 0.6 is 15.9 Å². The molecule has 4 heteroatoms. The summed E-state index contributed by atoms with van der Waals surface area (Å²) in [5.41, 5.74) is 0.754. The van der Waals surface area contributed by atoms with Crippen LogP contribution in [-0.4, -0.2) is 8.42 Å². The van der Waals surface area contributed by atoms with Crippen LogP contribution in [0.4, 0.5) is 0 Å². The van der Waals surface area contributed by atoms with Crippen molar-refractivity contribution in [3.8, 4) is 0 Å². The summed E-state index contributed by atoms with van der Waals surface area (Å²) >= 11 is 3.20. The van der Waals surface area contributed by atoms with Gasteiger partial charge in [-0.15, -0.1) is 0 Å². The van der Waals surface area contributed by atoms with Gasteiger partial charge in [0.15, 0.2) is 0 Å². The molecule has 12 heavy (non-hydrogen) atoms. The van der Waals surface area contributed by atoms with Gasteiger partial charge in [0.05, 0.1) is 4.90 Å². The quantitative estimate of drug-likeness (QED) is 0.702. The minimum Gasteiger partial charge on any atom is -0.219 e. The molecule has 1 aromatic rings. The van der Waals surface area contributed by atoms with Gasteiger partial charge in [-0.3, -0.25) is 0 Å². The summed E-state index contributed by atoms with van der Waals surface area (Å²) < 4.78 is 23.3. The van der Waals surface area contributed by atoms with Crippen molar-refractivity contribution in [2.45, 2.75) is 4.90 Å². The van der Waals surface area contributed by atoms with Crippen molar-refractivity contribution in [3.63, 3.8) is 0 Å². The summed E-state index contributed by atoms with van der Waals surface area (Å²) in [7, 11) is -3.16. The second-order valence-corrected chi connectivity index (χ2v) is 5.13. The van der Waals surface area contributed by atoms with Gasteiger partial charge in [-0.05, 0) is 33.6 Å². The zero-order valence-corrected chi connectivity index (χ0v) is 8.39. The van der Waals surface area contributed by atoms with Crippen LogP contribution in [0.25, 0.3) is 6.08 Å². The highest BCUT2D eigenvalue weighted by Crippen LogP contribution is 2.32. The van der Waals surface area contributed by atoms with Crippen LogP contribution in [0, 0.1) is 0 Å². The van der Waals surface area contributed by atoms with E-state index >= 15 is 0 Å². The van der Waals surface area contributed by atoms with Gasteiger partial charge >= 0.3 is 0 Å². The molecule has 1 aliphatic heterocycles. The molecule has 0 fully saturated rings. The van der Waals surface area contributed by atoms with Crippen molar-refractivity contribution >= 4 is 31.8 Å². The molecule has 0 bridgehead atoms. The summed E-state index contributed by atoms with van der Waals surface area (Å²) in [6, 6.07) is 5.32. The van der Waals surface area contributed by atoms with Gasteiger partial charge in [-0.25, -0.2) is 8.42 Å². The number of benzene rings is 1. The Bertz CT molecular complexity index is 460. The van der Waals surface area contributed by atoms with E-state index in [1.165, 1.54) is 5.41 Å². The molecule has 0 saturated heterocycles. The van der Waals surface area contributed by atoms with Crippen molar-refractivity contribution in [3.05, 3.63) is 33.6 Å². The highest BCUT2D eigenvalue weighted by molar-refractivity contribution is 9.10. The van der Waals surface area contributed by atoms with E-state index in [0.29, 0.717) is 9.37 Å². The van der Waals surface area contributed by atoms with Crippen LogP contribution < -0.4 is 0 Å². The minimum atomic E-state index is -3.16. The Kier molecular flexibility index (Phi) is 1.63. The van der Waals surface area contributed by atoms with Crippen molar-refractivity contribution in [2.75, 3.05) is 0 Å². The van der Waals surface area contributed by atoms with Gasteiger partial charge in [0.25, 0.3) is 0 Å². The van der Waals surface area contributed by atoms with Gasteiger partial charge in [0.2, 0.25) is 9.84 Å². The topological polar surface area (TPSA) is 34.1 Å². The molecule has 0 saturated carbocycles. The van der Waals surface area contributed by atoms with E-state index in [1.807, 2.05) is 6.07 Å². The van der Waals surface area contributed by atoms with Gasteiger partial charge in [-0.1, -0.05) is 12.1 Å². The lowest BCUT2D eigenvalue weighted by Gasteiger charge is -1.99. The zero-order chi connectivity index (χ0) is 8.77. The Labute approximate surface area is 79.0 Å². The smallest absolute Gasteiger partial charge is 0.201 e. The first-order valence-corrected chi connectivity index (χ1v) is 5.67. The molecule has 0 amide bonds. The largest absolute Gasteiger partial charge is 0.219 e. The summed E-state index contributed by atoms with van der Waals surface area (Å²) in [5.74, 6) is 0. The fraction of sp³-hybridized carbons (Fsp3) is 0. The molecule has 0 unspecified atom stereocenters. The Balaban J connectivity index is 2.88. The predicted molar refractivity (Wildman–Crippen MR) is 50.4 cm³/mol. The van der Waals surface area contributed by atoms with E-state index in [4.69, 9.17) is 0 Å². The van der Waals surface area contributed by atoms with Crippen LogP contribution in [0.1, 0.15) is 5.56 Å². The molecule has 0 aromatic heterocycles. The number of halogens is 1. The third-order valence-electron chi connectivity index (χ3n) is 1.71. The van der Waals surface area contributed by atoms with Gasteiger partial charge < -0.3 is 0 Å². The zero-order valence-electron chi connectivity index (χ0n) is 5.99. The molecule has 0 spiro atoms. The molecule has 2 nitrogen and oxygen atoms in total. The maximum atomic E-state index is 11.4. The lowest BCUT2D eigenvalue weighted by molar-refractivity contribution is 0.605. The number of hydrogen-bond acceptors (Lipinski definition) is 2. The fourth-order valence-corrected chi connectivity index (χ4v) is 3.51. The predicted octanol–water partition coefficient (Wildman–Crippen LogP) is 2.21. The van der Waals surface area contributed by atoms with Crippen molar-refractivity contribution in [1.29, 1.82) is 0 Å². The first-order chi connectivity index (χ1) is 5.61. The minimum absolute atomic E-state index is 0.380. The van der Waals surface area contributed by atoms with E-state index in [0.717, 1.165) is 5.56 Å². The molecule has 1 aliphatic rings. The first kappa shape index (κ1) is 8.01. The van der Waals surface area contributed by atoms with Crippen LogP contribution in [-0.2, 0) is 9.84 Å². The normalized spacial score (nSPS) is 17.8. The Morgan fingerprint density at radius 2 is 2.00 bits per heavy atom. The third-order valence-corrected chi connectivity index (χ3v) is 4.15. The third kappa shape index (κ3) is 1.03. The van der Waals surface area contributed by atoms with Gasteiger partial charge in [0.1, 0.15) is 0 Å². The first-order valence-electron chi connectivity index (χ1n) is 3.33. The molecular weight excluding hydrogens is 240 g/mol. The Morgan fingerprint density at radius 3 is 2.67 bits per heavy atom. The van der Waals surface area contributed by atoms with Crippen molar-refractivity contribution in [2.24, 2.45) is 0 Å². The van der Waals surface area contributed by atoms with Crippen LogP contribution in [0.2, 0.25) is 0 Å². The Hall–Kier alpha value is -0.610. The van der Waals surface area contributed by atoms with E-state index in [2.05, 4.69) is 15.9 Å². The van der Waals surface area contributed by atoms with Crippen LogP contribution in [0.5, 0.6) is 0 Å². The number of hydrogen-bond donors (Lipinski definition) is 0. The van der Waals surface area contributed by atoms with E-state index < -0.39 is 9.84 Å². The molecule has 2 rings (SSSR count). The second kappa shape index (κ2) is 2.44. The monoisotopic (exact) mass is 244 g/mol. The molecule has 0 N–H and O–H groups in total. The average molecular weight is 245 g/mol.